The highest BCUT2D eigenvalue weighted by Gasteiger charge is 2.23. The summed E-state index contributed by atoms with van der Waals surface area (Å²) in [6.45, 7) is 0. The Morgan fingerprint density at radius 2 is 1.58 bits per heavy atom. The van der Waals surface area contributed by atoms with Crippen LogP contribution in [0.25, 0.3) is 22.3 Å². The molecule has 3 aromatic rings. The van der Waals surface area contributed by atoms with Gasteiger partial charge >= 0.3 is 5.97 Å². The van der Waals surface area contributed by atoms with E-state index in [0.29, 0.717) is 22.3 Å². The molecule has 1 aromatic heterocycles. The Kier molecular flexibility index (Phi) is 4.65. The smallest absolute Gasteiger partial charge is 0.374 e. The summed E-state index contributed by atoms with van der Waals surface area (Å²) in [6.07, 6.45) is 2.50. The van der Waals surface area contributed by atoms with Crippen LogP contribution < -0.4 is 0 Å². The molecule has 0 amide bonds. The van der Waals surface area contributed by atoms with Gasteiger partial charge in [-0.1, -0.05) is 24.3 Å². The molecule has 0 bridgehead atoms. The summed E-state index contributed by atoms with van der Waals surface area (Å²) in [5.74, 6) is -1.07. The largest absolute Gasteiger partial charge is 0.463 e. The second kappa shape index (κ2) is 6.76. The van der Waals surface area contributed by atoms with E-state index in [4.69, 9.17) is 9.15 Å². The van der Waals surface area contributed by atoms with Crippen LogP contribution in [0.1, 0.15) is 10.6 Å². The van der Waals surface area contributed by atoms with Gasteiger partial charge in [-0.05, 0) is 35.4 Å². The van der Waals surface area contributed by atoms with Gasteiger partial charge in [-0.2, -0.15) is 0 Å². The first-order valence-corrected chi connectivity index (χ1v) is 9.46. The summed E-state index contributed by atoms with van der Waals surface area (Å²) in [5, 5.41) is 0. The van der Waals surface area contributed by atoms with Crippen molar-refractivity contribution in [3.05, 3.63) is 66.4 Å². The number of methoxy groups -OCH3 is 1. The molecule has 7 heteroatoms. The molecule has 0 atom stereocenters. The Bertz CT molecular complexity index is 1050. The predicted octanol–water partition coefficient (Wildman–Crippen LogP) is 3.94. The van der Waals surface area contributed by atoms with Crippen LogP contribution in [-0.2, 0) is 14.6 Å². The van der Waals surface area contributed by atoms with Crippen molar-refractivity contribution in [1.82, 2.24) is 0 Å². The van der Waals surface area contributed by atoms with E-state index in [-0.39, 0.29) is 16.5 Å². The lowest BCUT2D eigenvalue weighted by Crippen LogP contribution is -2.02. The first-order chi connectivity index (χ1) is 12.3. The number of esters is 1. The van der Waals surface area contributed by atoms with Crippen LogP contribution in [0, 0.1) is 5.82 Å². The van der Waals surface area contributed by atoms with Gasteiger partial charge < -0.3 is 9.15 Å². The number of hydrogen-bond acceptors (Lipinski definition) is 5. The molecule has 0 spiro atoms. The molecule has 0 aliphatic carbocycles. The van der Waals surface area contributed by atoms with Gasteiger partial charge in [0.15, 0.2) is 9.84 Å². The second-order valence-electron chi connectivity index (χ2n) is 5.65. The van der Waals surface area contributed by atoms with Crippen LogP contribution in [0.3, 0.4) is 0 Å². The fourth-order valence-corrected chi connectivity index (χ4v) is 3.23. The monoisotopic (exact) mass is 374 g/mol. The van der Waals surface area contributed by atoms with Gasteiger partial charge in [0.25, 0.3) is 0 Å². The van der Waals surface area contributed by atoms with Gasteiger partial charge in [-0.15, -0.1) is 0 Å². The summed E-state index contributed by atoms with van der Waals surface area (Å²) in [5.41, 5.74) is 2.24. The molecule has 0 saturated heterocycles. The highest BCUT2D eigenvalue weighted by Crippen LogP contribution is 2.37. The van der Waals surface area contributed by atoms with Gasteiger partial charge in [0, 0.05) is 17.4 Å². The molecule has 1 heterocycles. The lowest BCUT2D eigenvalue weighted by atomic mass is 9.97. The molecule has 0 fully saturated rings. The summed E-state index contributed by atoms with van der Waals surface area (Å²) in [6, 6.07) is 11.8. The zero-order valence-corrected chi connectivity index (χ0v) is 14.8. The Labute approximate surface area is 150 Å². The Morgan fingerprint density at radius 1 is 1.00 bits per heavy atom. The van der Waals surface area contributed by atoms with E-state index in [9.17, 15) is 17.6 Å². The van der Waals surface area contributed by atoms with Crippen LogP contribution in [0.15, 0.2) is 64.1 Å². The van der Waals surface area contributed by atoms with E-state index in [1.54, 1.807) is 24.3 Å². The molecule has 0 saturated carbocycles. The van der Waals surface area contributed by atoms with E-state index in [1.165, 1.54) is 37.6 Å². The molecule has 3 rings (SSSR count). The molecule has 0 N–H and O–H groups in total. The second-order valence-corrected chi connectivity index (χ2v) is 7.66. The molecular weight excluding hydrogens is 359 g/mol. The minimum atomic E-state index is -3.34. The number of halogens is 1. The molecule has 134 valence electrons. The van der Waals surface area contributed by atoms with Crippen molar-refractivity contribution >= 4 is 15.8 Å². The minimum Gasteiger partial charge on any atom is -0.463 e. The van der Waals surface area contributed by atoms with Gasteiger partial charge in [-0.3, -0.25) is 0 Å². The molecule has 0 aliphatic heterocycles. The van der Waals surface area contributed by atoms with Crippen molar-refractivity contribution < 1.29 is 26.8 Å². The normalized spacial score (nSPS) is 11.3. The van der Waals surface area contributed by atoms with Crippen LogP contribution in [0.4, 0.5) is 4.39 Å². The van der Waals surface area contributed by atoms with Crippen LogP contribution >= 0.6 is 0 Å². The van der Waals surface area contributed by atoms with E-state index in [0.717, 1.165) is 6.26 Å². The number of ether oxygens (including phenoxy) is 1. The van der Waals surface area contributed by atoms with Crippen molar-refractivity contribution in [2.45, 2.75) is 4.90 Å². The third kappa shape index (κ3) is 3.39. The maximum absolute atomic E-state index is 13.2. The number of hydrogen-bond donors (Lipinski definition) is 0. The van der Waals surface area contributed by atoms with E-state index < -0.39 is 15.8 Å². The van der Waals surface area contributed by atoms with Crippen molar-refractivity contribution in [1.29, 1.82) is 0 Å². The molecule has 2 aromatic carbocycles. The summed E-state index contributed by atoms with van der Waals surface area (Å²) in [7, 11) is -2.11. The maximum atomic E-state index is 13.2. The molecule has 5 nitrogen and oxygen atoms in total. The van der Waals surface area contributed by atoms with Crippen LogP contribution in [0.2, 0.25) is 0 Å². The standard InChI is InChI=1S/C19H15FO5S/c1-24-19(21)18-17(13-5-9-15(10-6-13)26(2,22)23)16(11-25-18)12-3-7-14(20)8-4-12/h3-11H,1-2H3. The first-order valence-electron chi connectivity index (χ1n) is 7.57. The van der Waals surface area contributed by atoms with Crippen molar-refractivity contribution in [2.75, 3.05) is 13.4 Å². The molecule has 0 radical (unpaired) electrons. The van der Waals surface area contributed by atoms with Gasteiger partial charge in [-0.25, -0.2) is 17.6 Å². The number of sulfone groups is 1. The van der Waals surface area contributed by atoms with Crippen molar-refractivity contribution in [2.24, 2.45) is 0 Å². The quantitative estimate of drug-likeness (QED) is 0.647. The van der Waals surface area contributed by atoms with Crippen LogP contribution in [0.5, 0.6) is 0 Å². The topological polar surface area (TPSA) is 73.6 Å². The number of rotatable bonds is 4. The zero-order valence-electron chi connectivity index (χ0n) is 14.0. The number of benzene rings is 2. The summed E-state index contributed by atoms with van der Waals surface area (Å²) in [4.78, 5) is 12.2. The minimum absolute atomic E-state index is 0.0149. The first kappa shape index (κ1) is 17.9. The highest BCUT2D eigenvalue weighted by atomic mass is 32.2. The van der Waals surface area contributed by atoms with E-state index >= 15 is 0 Å². The average molecular weight is 374 g/mol. The van der Waals surface area contributed by atoms with E-state index in [2.05, 4.69) is 0 Å². The Morgan fingerprint density at radius 3 is 2.12 bits per heavy atom. The molecule has 0 unspecified atom stereocenters. The summed E-state index contributed by atoms with van der Waals surface area (Å²) >= 11 is 0. The fourth-order valence-electron chi connectivity index (χ4n) is 2.60. The van der Waals surface area contributed by atoms with Crippen LogP contribution in [-0.4, -0.2) is 27.8 Å². The van der Waals surface area contributed by atoms with Gasteiger partial charge in [0.2, 0.25) is 5.76 Å². The fraction of sp³-hybridized carbons (Fsp3) is 0.105. The maximum Gasteiger partial charge on any atom is 0.374 e. The summed E-state index contributed by atoms with van der Waals surface area (Å²) < 4.78 is 46.7. The highest BCUT2D eigenvalue weighted by molar-refractivity contribution is 7.90. The lowest BCUT2D eigenvalue weighted by molar-refractivity contribution is 0.0566. The third-order valence-electron chi connectivity index (χ3n) is 3.89. The van der Waals surface area contributed by atoms with Gasteiger partial charge in [0.1, 0.15) is 12.1 Å². The average Bonchev–Trinajstić information content (AvgIpc) is 3.06. The van der Waals surface area contributed by atoms with E-state index in [1.807, 2.05) is 0 Å². The number of carbonyl (C=O) groups excluding carboxylic acids is 1. The molecule has 26 heavy (non-hydrogen) atoms. The molecular formula is C19H15FO5S. The number of carbonyl (C=O) groups is 1. The SMILES string of the molecule is COC(=O)c1occ(-c2ccc(F)cc2)c1-c1ccc(S(C)(=O)=O)cc1. The number of furan rings is 1. The predicted molar refractivity (Wildman–Crippen MR) is 94.0 cm³/mol. The molecule has 0 aliphatic rings. The zero-order chi connectivity index (χ0) is 18.9. The van der Waals surface area contributed by atoms with Gasteiger partial charge in [0.05, 0.1) is 12.0 Å². The van der Waals surface area contributed by atoms with Crippen molar-refractivity contribution in [3.8, 4) is 22.3 Å². The van der Waals surface area contributed by atoms with Crippen molar-refractivity contribution in [3.63, 3.8) is 0 Å². The lowest BCUT2D eigenvalue weighted by Gasteiger charge is -2.07. The Balaban J connectivity index is 2.19. The third-order valence-corrected chi connectivity index (χ3v) is 5.02. The Hall–Kier alpha value is -2.93.